The third-order valence-electron chi connectivity index (χ3n) is 4.88. The second kappa shape index (κ2) is 5.92. The van der Waals surface area contributed by atoms with Gasteiger partial charge in [-0.25, -0.2) is 0 Å². The lowest BCUT2D eigenvalue weighted by atomic mass is 9.86. The highest BCUT2D eigenvalue weighted by Gasteiger charge is 2.56. The number of benzene rings is 3. The second-order valence-electron chi connectivity index (χ2n) is 6.23. The lowest BCUT2D eigenvalue weighted by Gasteiger charge is -2.19. The molecule has 0 aromatic heterocycles. The molecule has 1 atom stereocenters. The monoisotopic (exact) mass is 300 g/mol. The molecule has 1 fully saturated rings. The zero-order chi connectivity index (χ0) is 15.5. The van der Waals surface area contributed by atoms with Gasteiger partial charge in [0.2, 0.25) is 0 Å². The number of hydrogen-bond donors (Lipinski definition) is 0. The molecule has 23 heavy (non-hydrogen) atoms. The average molecular weight is 300 g/mol. The summed E-state index contributed by atoms with van der Waals surface area (Å²) in [5.74, 6) is 1.47. The Bertz CT molecular complexity index is 710. The Morgan fingerprint density at radius 3 is 1.70 bits per heavy atom. The summed E-state index contributed by atoms with van der Waals surface area (Å²) >= 11 is 0. The summed E-state index contributed by atoms with van der Waals surface area (Å²) < 4.78 is 6.03. The molecular formula is C22H20O. The first kappa shape index (κ1) is 14.1. The normalized spacial score (nSPS) is 18.3. The molecule has 1 saturated carbocycles. The van der Waals surface area contributed by atoms with Gasteiger partial charge in [0.25, 0.3) is 0 Å². The van der Waals surface area contributed by atoms with Gasteiger partial charge in [0.05, 0.1) is 6.61 Å². The Labute approximate surface area is 137 Å². The topological polar surface area (TPSA) is 9.23 Å². The molecule has 0 saturated heterocycles. The molecule has 0 heterocycles. The zero-order valence-corrected chi connectivity index (χ0v) is 13.1. The predicted octanol–water partition coefficient (Wildman–Crippen LogP) is 5.07. The van der Waals surface area contributed by atoms with Crippen molar-refractivity contribution in [2.24, 2.45) is 5.92 Å². The van der Waals surface area contributed by atoms with Crippen LogP contribution in [0.25, 0.3) is 0 Å². The van der Waals surface area contributed by atoms with Gasteiger partial charge in [-0.1, -0.05) is 78.9 Å². The van der Waals surface area contributed by atoms with Crippen molar-refractivity contribution in [3.8, 4) is 5.75 Å². The van der Waals surface area contributed by atoms with Crippen LogP contribution in [0.3, 0.4) is 0 Å². The van der Waals surface area contributed by atoms with Crippen LogP contribution in [-0.4, -0.2) is 6.61 Å². The molecule has 1 heteroatoms. The third-order valence-corrected chi connectivity index (χ3v) is 4.88. The van der Waals surface area contributed by atoms with Gasteiger partial charge in [-0.3, -0.25) is 0 Å². The lowest BCUT2D eigenvalue weighted by molar-refractivity contribution is 0.290. The molecule has 0 spiro atoms. The highest BCUT2D eigenvalue weighted by Crippen LogP contribution is 2.58. The van der Waals surface area contributed by atoms with E-state index in [1.807, 2.05) is 30.3 Å². The van der Waals surface area contributed by atoms with Crippen molar-refractivity contribution in [1.29, 1.82) is 0 Å². The molecule has 0 unspecified atom stereocenters. The predicted molar refractivity (Wildman–Crippen MR) is 93.7 cm³/mol. The van der Waals surface area contributed by atoms with Crippen LogP contribution in [0.4, 0.5) is 0 Å². The molecule has 3 aromatic rings. The fourth-order valence-electron chi connectivity index (χ4n) is 3.59. The van der Waals surface area contributed by atoms with Crippen LogP contribution < -0.4 is 4.74 Å². The van der Waals surface area contributed by atoms with Crippen LogP contribution in [-0.2, 0) is 5.41 Å². The Hall–Kier alpha value is -2.54. The maximum absolute atomic E-state index is 6.03. The Morgan fingerprint density at radius 1 is 0.696 bits per heavy atom. The summed E-state index contributed by atoms with van der Waals surface area (Å²) in [6.07, 6.45) is 1.15. The molecule has 1 aliphatic rings. The average Bonchev–Trinajstić information content (AvgIpc) is 3.38. The van der Waals surface area contributed by atoms with E-state index >= 15 is 0 Å². The van der Waals surface area contributed by atoms with E-state index in [-0.39, 0.29) is 5.41 Å². The number of rotatable bonds is 5. The number of para-hydroxylation sites is 1. The zero-order valence-electron chi connectivity index (χ0n) is 13.1. The molecule has 114 valence electrons. The molecule has 4 rings (SSSR count). The van der Waals surface area contributed by atoms with Crippen molar-refractivity contribution in [2.45, 2.75) is 11.8 Å². The third kappa shape index (κ3) is 2.63. The van der Waals surface area contributed by atoms with Crippen LogP contribution in [0.1, 0.15) is 17.5 Å². The lowest BCUT2D eigenvalue weighted by Crippen LogP contribution is -2.16. The van der Waals surface area contributed by atoms with E-state index in [1.165, 1.54) is 11.1 Å². The highest BCUT2D eigenvalue weighted by atomic mass is 16.5. The van der Waals surface area contributed by atoms with Gasteiger partial charge in [-0.05, 0) is 29.7 Å². The van der Waals surface area contributed by atoms with E-state index in [9.17, 15) is 0 Å². The van der Waals surface area contributed by atoms with Crippen molar-refractivity contribution < 1.29 is 4.74 Å². The Balaban J connectivity index is 1.60. The molecular weight excluding hydrogens is 280 g/mol. The summed E-state index contributed by atoms with van der Waals surface area (Å²) in [5.41, 5.74) is 2.90. The van der Waals surface area contributed by atoms with Gasteiger partial charge in [0.15, 0.2) is 0 Å². The van der Waals surface area contributed by atoms with Gasteiger partial charge >= 0.3 is 0 Å². The van der Waals surface area contributed by atoms with Crippen molar-refractivity contribution >= 4 is 0 Å². The van der Waals surface area contributed by atoms with Crippen LogP contribution in [0.15, 0.2) is 91.0 Å². The van der Waals surface area contributed by atoms with Gasteiger partial charge in [-0.2, -0.15) is 0 Å². The number of ether oxygens (including phenoxy) is 1. The molecule has 1 nitrogen and oxygen atoms in total. The molecule has 0 amide bonds. The van der Waals surface area contributed by atoms with Crippen LogP contribution in [0.2, 0.25) is 0 Å². The molecule has 0 N–H and O–H groups in total. The highest BCUT2D eigenvalue weighted by molar-refractivity contribution is 5.47. The van der Waals surface area contributed by atoms with Crippen LogP contribution >= 0.6 is 0 Å². The fourth-order valence-corrected chi connectivity index (χ4v) is 3.59. The summed E-state index contributed by atoms with van der Waals surface area (Å²) in [6.45, 7) is 0.758. The van der Waals surface area contributed by atoms with Crippen LogP contribution in [0, 0.1) is 5.92 Å². The van der Waals surface area contributed by atoms with Crippen molar-refractivity contribution in [2.75, 3.05) is 6.61 Å². The molecule has 0 radical (unpaired) electrons. The second-order valence-corrected chi connectivity index (χ2v) is 6.23. The van der Waals surface area contributed by atoms with Crippen molar-refractivity contribution in [3.05, 3.63) is 102 Å². The first-order valence-corrected chi connectivity index (χ1v) is 8.18. The number of hydrogen-bond acceptors (Lipinski definition) is 1. The standard InChI is InChI=1S/C22H20O/c1-4-10-18(11-5-1)22(19-12-6-2-7-13-19)16-20(22)17-23-21-14-8-3-9-15-21/h1-15,20H,16-17H2/t20-/m1/s1. The molecule has 0 bridgehead atoms. The van der Waals surface area contributed by atoms with E-state index in [0.29, 0.717) is 5.92 Å². The van der Waals surface area contributed by atoms with E-state index < -0.39 is 0 Å². The largest absolute Gasteiger partial charge is 0.493 e. The minimum Gasteiger partial charge on any atom is -0.493 e. The van der Waals surface area contributed by atoms with Gasteiger partial charge in [0.1, 0.15) is 5.75 Å². The minimum absolute atomic E-state index is 0.108. The summed E-state index contributed by atoms with van der Waals surface area (Å²) in [6, 6.07) is 31.8. The summed E-state index contributed by atoms with van der Waals surface area (Å²) in [4.78, 5) is 0. The Morgan fingerprint density at radius 2 is 1.17 bits per heavy atom. The molecule has 3 aromatic carbocycles. The summed E-state index contributed by atoms with van der Waals surface area (Å²) in [7, 11) is 0. The molecule has 0 aliphatic heterocycles. The van der Waals surface area contributed by atoms with E-state index in [0.717, 1.165) is 18.8 Å². The Kier molecular flexibility index (Phi) is 3.63. The fraction of sp³-hybridized carbons (Fsp3) is 0.182. The van der Waals surface area contributed by atoms with Crippen molar-refractivity contribution in [1.82, 2.24) is 0 Å². The van der Waals surface area contributed by atoms with Gasteiger partial charge < -0.3 is 4.74 Å². The van der Waals surface area contributed by atoms with E-state index in [2.05, 4.69) is 60.7 Å². The summed E-state index contributed by atoms with van der Waals surface area (Å²) in [5, 5.41) is 0. The maximum Gasteiger partial charge on any atom is 0.119 e. The first-order valence-electron chi connectivity index (χ1n) is 8.18. The minimum atomic E-state index is 0.108. The maximum atomic E-state index is 6.03. The quantitative estimate of drug-likeness (QED) is 0.639. The SMILES string of the molecule is c1ccc(OC[C@H]2CC2(c2ccccc2)c2ccccc2)cc1. The van der Waals surface area contributed by atoms with Crippen molar-refractivity contribution in [3.63, 3.8) is 0 Å². The van der Waals surface area contributed by atoms with E-state index in [1.54, 1.807) is 0 Å². The van der Waals surface area contributed by atoms with Gasteiger partial charge in [-0.15, -0.1) is 0 Å². The van der Waals surface area contributed by atoms with Gasteiger partial charge in [0, 0.05) is 11.3 Å². The molecule has 1 aliphatic carbocycles. The van der Waals surface area contributed by atoms with E-state index in [4.69, 9.17) is 4.74 Å². The smallest absolute Gasteiger partial charge is 0.119 e. The van der Waals surface area contributed by atoms with Crippen LogP contribution in [0.5, 0.6) is 5.75 Å². The first-order chi connectivity index (χ1) is 11.4.